The molecule has 1 aliphatic heterocycles. The maximum Gasteiger partial charge on any atom is 0.256 e. The number of likely N-dealkylation sites (tertiary alicyclic amines) is 1. The third kappa shape index (κ3) is 6.13. The van der Waals surface area contributed by atoms with Crippen molar-refractivity contribution < 1.29 is 14.4 Å². The fraction of sp³-hybridized carbons (Fsp3) is 0.391. The lowest BCUT2D eigenvalue weighted by Crippen LogP contribution is -2.43. The van der Waals surface area contributed by atoms with Crippen molar-refractivity contribution in [1.29, 1.82) is 0 Å². The fourth-order valence-corrected chi connectivity index (χ4v) is 4.23. The Balaban J connectivity index is 1.68. The highest BCUT2D eigenvalue weighted by molar-refractivity contribution is 9.10. The highest BCUT2D eigenvalue weighted by Crippen LogP contribution is 2.28. The van der Waals surface area contributed by atoms with Crippen LogP contribution in [0.1, 0.15) is 47.4 Å². The zero-order valence-electron chi connectivity index (χ0n) is 17.7. The van der Waals surface area contributed by atoms with Gasteiger partial charge in [0.05, 0.1) is 23.4 Å². The van der Waals surface area contributed by atoms with Gasteiger partial charge in [0.15, 0.2) is 0 Å². The molecule has 3 rings (SSSR count). The third-order valence-corrected chi connectivity index (χ3v) is 5.92. The van der Waals surface area contributed by atoms with E-state index in [4.69, 9.17) is 0 Å². The summed E-state index contributed by atoms with van der Waals surface area (Å²) in [5.74, 6) is 0.0347. The summed E-state index contributed by atoms with van der Waals surface area (Å²) in [7, 11) is 0. The first-order chi connectivity index (χ1) is 14.9. The van der Waals surface area contributed by atoms with E-state index in [0.717, 1.165) is 23.9 Å². The minimum absolute atomic E-state index is 0.0963. The van der Waals surface area contributed by atoms with E-state index >= 15 is 0 Å². The summed E-state index contributed by atoms with van der Waals surface area (Å²) in [5, 5.41) is 5.33. The van der Waals surface area contributed by atoms with Gasteiger partial charge in [-0.05, 0) is 48.6 Å². The van der Waals surface area contributed by atoms with Crippen LogP contribution in [0.5, 0.6) is 0 Å². The van der Waals surface area contributed by atoms with Gasteiger partial charge in [-0.25, -0.2) is 0 Å². The molecule has 0 saturated carbocycles. The molecule has 31 heavy (non-hydrogen) atoms. The molecule has 0 radical (unpaired) electrons. The molecule has 0 aliphatic carbocycles. The second-order valence-corrected chi connectivity index (χ2v) is 8.90. The number of hydrogen-bond acceptors (Lipinski definition) is 4. The van der Waals surface area contributed by atoms with Gasteiger partial charge in [-0.1, -0.05) is 36.2 Å². The topological polar surface area (TPSA) is 91.4 Å². The molecule has 2 N–H and O–H groups in total. The Morgan fingerprint density at radius 3 is 2.74 bits per heavy atom. The molecular weight excluding hydrogens is 460 g/mol. The molecule has 7 nitrogen and oxygen atoms in total. The van der Waals surface area contributed by atoms with Crippen LogP contribution in [0.3, 0.4) is 0 Å². The van der Waals surface area contributed by atoms with Crippen LogP contribution in [0.4, 0.5) is 5.69 Å². The number of piperidine rings is 1. The number of aromatic nitrogens is 1. The normalized spacial score (nSPS) is 18.4. The molecule has 0 bridgehead atoms. The summed E-state index contributed by atoms with van der Waals surface area (Å²) in [4.78, 5) is 43.6. The summed E-state index contributed by atoms with van der Waals surface area (Å²) in [6, 6.07) is 8.47. The van der Waals surface area contributed by atoms with Crippen molar-refractivity contribution in [3.63, 3.8) is 0 Å². The van der Waals surface area contributed by atoms with Gasteiger partial charge in [0, 0.05) is 30.0 Å². The standard InChI is InChI=1S/C23H27BrN4O3/c1-3-16-9-15(2)13-28(14-16)23(31)19-10-18(24)6-7-20(19)27-21(29)12-26-22(30)17-5-4-8-25-11-17/h4-8,10-11,15-16H,3,9,12-14H2,1-2H3,(H,26,30)(H,27,29). The number of anilines is 1. The van der Waals surface area contributed by atoms with Crippen LogP contribution in [0.2, 0.25) is 0 Å². The quantitative estimate of drug-likeness (QED) is 0.650. The van der Waals surface area contributed by atoms with Crippen molar-refractivity contribution in [1.82, 2.24) is 15.2 Å². The fourth-order valence-electron chi connectivity index (χ4n) is 3.87. The summed E-state index contributed by atoms with van der Waals surface area (Å²) >= 11 is 3.42. The Hall–Kier alpha value is -2.74. The minimum Gasteiger partial charge on any atom is -0.343 e. The van der Waals surface area contributed by atoms with Gasteiger partial charge < -0.3 is 15.5 Å². The van der Waals surface area contributed by atoms with E-state index in [1.807, 2.05) is 4.90 Å². The smallest absolute Gasteiger partial charge is 0.256 e. The molecule has 2 aromatic rings. The molecule has 8 heteroatoms. The van der Waals surface area contributed by atoms with E-state index in [2.05, 4.69) is 45.4 Å². The van der Waals surface area contributed by atoms with Gasteiger partial charge in [0.2, 0.25) is 5.91 Å². The predicted octanol–water partition coefficient (Wildman–Crippen LogP) is 3.72. The van der Waals surface area contributed by atoms with Crippen LogP contribution in [0.25, 0.3) is 0 Å². The second-order valence-electron chi connectivity index (χ2n) is 7.99. The highest BCUT2D eigenvalue weighted by Gasteiger charge is 2.29. The van der Waals surface area contributed by atoms with Crippen LogP contribution < -0.4 is 10.6 Å². The lowest BCUT2D eigenvalue weighted by atomic mass is 9.88. The van der Waals surface area contributed by atoms with E-state index in [0.29, 0.717) is 35.2 Å². The van der Waals surface area contributed by atoms with Gasteiger partial charge in [0.1, 0.15) is 0 Å². The molecule has 164 valence electrons. The lowest BCUT2D eigenvalue weighted by Gasteiger charge is -2.36. The number of nitrogens with one attached hydrogen (secondary N) is 2. The van der Waals surface area contributed by atoms with Crippen LogP contribution in [0.15, 0.2) is 47.2 Å². The zero-order chi connectivity index (χ0) is 22.4. The lowest BCUT2D eigenvalue weighted by molar-refractivity contribution is -0.115. The molecule has 0 spiro atoms. The summed E-state index contributed by atoms with van der Waals surface area (Å²) in [5.41, 5.74) is 1.24. The molecule has 1 aromatic heterocycles. The molecule has 1 aliphatic rings. The van der Waals surface area contributed by atoms with Gasteiger partial charge in [-0.2, -0.15) is 0 Å². The van der Waals surface area contributed by atoms with Gasteiger partial charge >= 0.3 is 0 Å². The molecule has 2 atom stereocenters. The first-order valence-corrected chi connectivity index (χ1v) is 11.2. The van der Waals surface area contributed by atoms with Crippen molar-refractivity contribution in [3.05, 3.63) is 58.3 Å². The number of hydrogen-bond donors (Lipinski definition) is 2. The predicted molar refractivity (Wildman–Crippen MR) is 123 cm³/mol. The molecule has 1 saturated heterocycles. The first kappa shape index (κ1) is 22.9. The third-order valence-electron chi connectivity index (χ3n) is 5.43. The number of benzene rings is 1. The Morgan fingerprint density at radius 1 is 1.23 bits per heavy atom. The summed E-state index contributed by atoms with van der Waals surface area (Å²) < 4.78 is 0.760. The average Bonchev–Trinajstić information content (AvgIpc) is 2.78. The SMILES string of the molecule is CCC1CC(C)CN(C(=O)c2cc(Br)ccc2NC(=O)CNC(=O)c2cccnc2)C1. The molecule has 3 amide bonds. The number of carbonyl (C=O) groups is 3. The van der Waals surface area contributed by atoms with Gasteiger partial charge in [-0.3, -0.25) is 19.4 Å². The van der Waals surface area contributed by atoms with E-state index < -0.39 is 5.91 Å². The zero-order valence-corrected chi connectivity index (χ0v) is 19.3. The maximum absolute atomic E-state index is 13.3. The van der Waals surface area contributed by atoms with E-state index in [1.165, 1.54) is 6.20 Å². The number of nitrogens with zero attached hydrogens (tertiary/aromatic N) is 2. The van der Waals surface area contributed by atoms with Crippen molar-refractivity contribution in [2.45, 2.75) is 26.7 Å². The minimum atomic E-state index is -0.410. The van der Waals surface area contributed by atoms with Crippen LogP contribution in [0, 0.1) is 11.8 Å². The average molecular weight is 487 g/mol. The Bertz CT molecular complexity index is 951. The van der Waals surface area contributed by atoms with Crippen molar-refractivity contribution in [2.24, 2.45) is 11.8 Å². The Labute approximate surface area is 190 Å². The van der Waals surface area contributed by atoms with Crippen LogP contribution in [-0.4, -0.2) is 47.2 Å². The van der Waals surface area contributed by atoms with E-state index in [9.17, 15) is 14.4 Å². The molecule has 2 unspecified atom stereocenters. The highest BCUT2D eigenvalue weighted by atomic mass is 79.9. The van der Waals surface area contributed by atoms with Crippen molar-refractivity contribution in [2.75, 3.05) is 25.0 Å². The molecular formula is C23H27BrN4O3. The molecule has 1 fully saturated rings. The van der Waals surface area contributed by atoms with Gasteiger partial charge in [0.25, 0.3) is 11.8 Å². The molecule has 2 heterocycles. The number of rotatable bonds is 6. The first-order valence-electron chi connectivity index (χ1n) is 10.4. The number of pyridine rings is 1. The maximum atomic E-state index is 13.3. The second kappa shape index (κ2) is 10.5. The largest absolute Gasteiger partial charge is 0.343 e. The Morgan fingerprint density at radius 2 is 2.03 bits per heavy atom. The van der Waals surface area contributed by atoms with Gasteiger partial charge in [-0.15, -0.1) is 0 Å². The summed E-state index contributed by atoms with van der Waals surface area (Å²) in [6.45, 7) is 5.53. The van der Waals surface area contributed by atoms with Crippen molar-refractivity contribution >= 4 is 39.3 Å². The number of amides is 3. The van der Waals surface area contributed by atoms with Crippen LogP contribution in [-0.2, 0) is 4.79 Å². The van der Waals surface area contributed by atoms with E-state index in [1.54, 1.807) is 36.5 Å². The van der Waals surface area contributed by atoms with Crippen LogP contribution >= 0.6 is 15.9 Å². The van der Waals surface area contributed by atoms with E-state index in [-0.39, 0.29) is 18.4 Å². The number of carbonyl (C=O) groups excluding carboxylic acids is 3. The molecule has 1 aromatic carbocycles. The Kier molecular flexibility index (Phi) is 7.79. The number of halogens is 1. The van der Waals surface area contributed by atoms with Crippen molar-refractivity contribution in [3.8, 4) is 0 Å². The summed E-state index contributed by atoms with van der Waals surface area (Å²) in [6.07, 6.45) is 5.16. The monoisotopic (exact) mass is 486 g/mol.